The van der Waals surface area contributed by atoms with Crippen LogP contribution in [0.4, 0.5) is 0 Å². The number of halogens is 1. The van der Waals surface area contributed by atoms with Gasteiger partial charge in [-0.1, -0.05) is 50.6 Å². The van der Waals surface area contributed by atoms with Gasteiger partial charge < -0.3 is 21.5 Å². The van der Waals surface area contributed by atoms with Crippen molar-refractivity contribution in [3.05, 3.63) is 35.9 Å². The Morgan fingerprint density at radius 2 is 1.74 bits per heavy atom. The van der Waals surface area contributed by atoms with Crippen LogP contribution in [-0.4, -0.2) is 41.5 Å². The third-order valence-electron chi connectivity index (χ3n) is 6.24. The Hall–Kier alpha value is -2.12. The number of carboxylic acid groups (broad SMARTS) is 1. The molecule has 1 aromatic carbocycles. The summed E-state index contributed by atoms with van der Waals surface area (Å²) in [6, 6.07) is 7.87. The SMILES string of the molecule is CCC(C)[C@H](N)C(=O)NCC1CCC(C(=O)N[C@@H](Cc2ccccc2)C(=O)O)CC1.Cl. The van der Waals surface area contributed by atoms with E-state index in [2.05, 4.69) is 10.6 Å². The molecule has 3 atom stereocenters. The van der Waals surface area contributed by atoms with Crippen molar-refractivity contribution in [2.45, 2.75) is 64.5 Å². The quantitative estimate of drug-likeness (QED) is 0.433. The summed E-state index contributed by atoms with van der Waals surface area (Å²) in [4.78, 5) is 36.3. The summed E-state index contributed by atoms with van der Waals surface area (Å²) in [6.07, 6.45) is 4.17. The molecule has 1 aromatic rings. The molecule has 0 radical (unpaired) electrons. The van der Waals surface area contributed by atoms with Gasteiger partial charge in [-0.25, -0.2) is 4.79 Å². The van der Waals surface area contributed by atoms with Crippen LogP contribution in [0.1, 0.15) is 51.5 Å². The molecule has 1 aliphatic carbocycles. The predicted molar refractivity (Wildman–Crippen MR) is 123 cm³/mol. The van der Waals surface area contributed by atoms with E-state index in [1.165, 1.54) is 0 Å². The van der Waals surface area contributed by atoms with Crippen molar-refractivity contribution < 1.29 is 19.5 Å². The van der Waals surface area contributed by atoms with E-state index in [0.717, 1.165) is 24.8 Å². The fourth-order valence-corrected chi connectivity index (χ4v) is 3.84. The number of rotatable bonds is 10. The second kappa shape index (κ2) is 13.3. The molecule has 0 aliphatic heterocycles. The number of aliphatic carboxylic acids is 1. The number of hydrogen-bond acceptors (Lipinski definition) is 4. The standard InChI is InChI=1S/C23H35N3O4.ClH/c1-3-15(2)20(24)22(28)25-14-17-9-11-18(12-10-17)21(27)26-19(23(29)30)13-16-7-5-4-6-8-16;/h4-8,15,17-20H,3,9-14,24H2,1-2H3,(H,25,28)(H,26,27)(H,29,30);1H/t15?,17?,18?,19-,20-;/m0./s1. The van der Waals surface area contributed by atoms with E-state index >= 15 is 0 Å². The molecule has 0 aromatic heterocycles. The molecule has 0 bridgehead atoms. The summed E-state index contributed by atoms with van der Waals surface area (Å²) in [5, 5.41) is 15.1. The van der Waals surface area contributed by atoms with Crippen molar-refractivity contribution >= 4 is 30.2 Å². The highest BCUT2D eigenvalue weighted by atomic mass is 35.5. The Bertz CT molecular complexity index is 708. The van der Waals surface area contributed by atoms with Crippen LogP contribution in [0.15, 0.2) is 30.3 Å². The van der Waals surface area contributed by atoms with E-state index in [4.69, 9.17) is 5.73 Å². The highest BCUT2D eigenvalue weighted by Gasteiger charge is 2.30. The molecular formula is C23H36ClN3O4. The maximum atomic E-state index is 12.6. The monoisotopic (exact) mass is 453 g/mol. The highest BCUT2D eigenvalue weighted by Crippen LogP contribution is 2.28. The van der Waals surface area contributed by atoms with Crippen molar-refractivity contribution in [2.75, 3.05) is 6.54 Å². The third kappa shape index (κ3) is 8.50. The average Bonchev–Trinajstić information content (AvgIpc) is 2.76. The first-order chi connectivity index (χ1) is 14.3. The van der Waals surface area contributed by atoms with E-state index in [-0.39, 0.29) is 42.5 Å². The van der Waals surface area contributed by atoms with E-state index in [1.54, 1.807) is 0 Å². The minimum atomic E-state index is -1.03. The molecule has 2 amide bonds. The van der Waals surface area contributed by atoms with Gasteiger partial charge in [-0.3, -0.25) is 9.59 Å². The number of nitrogens with one attached hydrogen (secondary N) is 2. The van der Waals surface area contributed by atoms with Gasteiger partial charge in [0.15, 0.2) is 0 Å². The van der Waals surface area contributed by atoms with Crippen molar-refractivity contribution in [2.24, 2.45) is 23.5 Å². The molecule has 174 valence electrons. The van der Waals surface area contributed by atoms with E-state index in [1.807, 2.05) is 44.2 Å². The molecule has 1 unspecified atom stereocenters. The van der Waals surface area contributed by atoms with Crippen molar-refractivity contribution in [1.82, 2.24) is 10.6 Å². The van der Waals surface area contributed by atoms with E-state index in [9.17, 15) is 19.5 Å². The van der Waals surface area contributed by atoms with Crippen LogP contribution < -0.4 is 16.4 Å². The Balaban J connectivity index is 0.00000480. The smallest absolute Gasteiger partial charge is 0.326 e. The van der Waals surface area contributed by atoms with Crippen LogP contribution in [-0.2, 0) is 20.8 Å². The largest absolute Gasteiger partial charge is 0.480 e. The number of carbonyl (C=O) groups is 3. The molecule has 0 saturated heterocycles. The Morgan fingerprint density at radius 3 is 2.29 bits per heavy atom. The first-order valence-corrected chi connectivity index (χ1v) is 10.9. The molecule has 1 aliphatic rings. The number of hydrogen-bond donors (Lipinski definition) is 4. The third-order valence-corrected chi connectivity index (χ3v) is 6.24. The lowest BCUT2D eigenvalue weighted by Gasteiger charge is -2.29. The minimum absolute atomic E-state index is 0. The molecule has 2 rings (SSSR count). The van der Waals surface area contributed by atoms with Crippen LogP contribution in [0.3, 0.4) is 0 Å². The van der Waals surface area contributed by atoms with Gasteiger partial charge in [-0.15, -0.1) is 12.4 Å². The Labute approximate surface area is 191 Å². The summed E-state index contributed by atoms with van der Waals surface area (Å²) in [5.74, 6) is -1.06. The number of carboxylic acids is 1. The zero-order valence-corrected chi connectivity index (χ0v) is 19.2. The Kier molecular flexibility index (Phi) is 11.6. The van der Waals surface area contributed by atoms with Gasteiger partial charge >= 0.3 is 5.97 Å². The number of nitrogens with two attached hydrogens (primary N) is 1. The number of benzene rings is 1. The molecular weight excluding hydrogens is 418 g/mol. The second-order valence-corrected chi connectivity index (χ2v) is 8.46. The topological polar surface area (TPSA) is 122 Å². The molecule has 0 heterocycles. The highest BCUT2D eigenvalue weighted by molar-refractivity contribution is 5.85. The summed E-state index contributed by atoms with van der Waals surface area (Å²) >= 11 is 0. The maximum absolute atomic E-state index is 12.6. The fraction of sp³-hybridized carbons (Fsp3) is 0.609. The molecule has 5 N–H and O–H groups in total. The van der Waals surface area contributed by atoms with Gasteiger partial charge in [0.1, 0.15) is 6.04 Å². The Morgan fingerprint density at radius 1 is 1.13 bits per heavy atom. The molecule has 0 spiro atoms. The van der Waals surface area contributed by atoms with E-state index < -0.39 is 18.1 Å². The van der Waals surface area contributed by atoms with Crippen LogP contribution in [0.5, 0.6) is 0 Å². The van der Waals surface area contributed by atoms with E-state index in [0.29, 0.717) is 25.3 Å². The van der Waals surface area contributed by atoms with Gasteiger partial charge in [0, 0.05) is 18.9 Å². The van der Waals surface area contributed by atoms with Crippen LogP contribution >= 0.6 is 12.4 Å². The van der Waals surface area contributed by atoms with Crippen molar-refractivity contribution in [1.29, 1.82) is 0 Å². The lowest BCUT2D eigenvalue weighted by molar-refractivity contribution is -0.142. The predicted octanol–water partition coefficient (Wildman–Crippen LogP) is 2.52. The van der Waals surface area contributed by atoms with Crippen molar-refractivity contribution in [3.63, 3.8) is 0 Å². The zero-order chi connectivity index (χ0) is 22.1. The van der Waals surface area contributed by atoms with Crippen LogP contribution in [0.2, 0.25) is 0 Å². The summed E-state index contributed by atoms with van der Waals surface area (Å²) in [6.45, 7) is 4.55. The summed E-state index contributed by atoms with van der Waals surface area (Å²) in [7, 11) is 0. The van der Waals surface area contributed by atoms with Gasteiger partial charge in [0.25, 0.3) is 0 Å². The zero-order valence-electron chi connectivity index (χ0n) is 18.4. The van der Waals surface area contributed by atoms with Gasteiger partial charge in [-0.2, -0.15) is 0 Å². The lowest BCUT2D eigenvalue weighted by atomic mass is 9.81. The minimum Gasteiger partial charge on any atom is -0.480 e. The fourth-order valence-electron chi connectivity index (χ4n) is 3.84. The van der Waals surface area contributed by atoms with Gasteiger partial charge in [0.05, 0.1) is 6.04 Å². The van der Waals surface area contributed by atoms with Crippen molar-refractivity contribution in [3.8, 4) is 0 Å². The summed E-state index contributed by atoms with van der Waals surface area (Å²) < 4.78 is 0. The van der Waals surface area contributed by atoms with Crippen LogP contribution in [0.25, 0.3) is 0 Å². The lowest BCUT2D eigenvalue weighted by Crippen LogP contribution is -2.47. The summed E-state index contributed by atoms with van der Waals surface area (Å²) in [5.41, 5.74) is 6.84. The average molecular weight is 454 g/mol. The molecule has 1 fully saturated rings. The number of amides is 2. The van der Waals surface area contributed by atoms with Gasteiger partial charge in [-0.05, 0) is 43.1 Å². The van der Waals surface area contributed by atoms with Crippen LogP contribution in [0, 0.1) is 17.8 Å². The molecule has 1 saturated carbocycles. The van der Waals surface area contributed by atoms with Gasteiger partial charge in [0.2, 0.25) is 11.8 Å². The molecule has 31 heavy (non-hydrogen) atoms. The first kappa shape index (κ1) is 26.9. The maximum Gasteiger partial charge on any atom is 0.326 e. The second-order valence-electron chi connectivity index (χ2n) is 8.46. The normalized spacial score (nSPS) is 21.1. The first-order valence-electron chi connectivity index (χ1n) is 10.9. The molecule has 7 nitrogen and oxygen atoms in total. The number of carbonyl (C=O) groups excluding carboxylic acids is 2. The molecule has 8 heteroatoms.